The van der Waals surface area contributed by atoms with Crippen LogP contribution >= 0.6 is 0 Å². The van der Waals surface area contributed by atoms with Crippen molar-refractivity contribution in [1.29, 1.82) is 0 Å². The average Bonchev–Trinajstić information content (AvgIpc) is 2.82. The molecule has 3 amide bonds. The number of amides is 3. The van der Waals surface area contributed by atoms with Crippen LogP contribution in [0.4, 0.5) is 0 Å². The molecular weight excluding hydrogens is 316 g/mol. The number of hydrogen-bond acceptors (Lipinski definition) is 3. The Hall–Kier alpha value is -2.95. The fourth-order valence-electron chi connectivity index (χ4n) is 3.12. The van der Waals surface area contributed by atoms with Crippen LogP contribution in [0.15, 0.2) is 42.5 Å². The standard InChI is InChI=1S/C20H20N2O3/c1-12-8-9-13(2)17(10-12)14(3)21-18(23)11-22-19(24)15-6-4-5-7-16(15)20(22)25/h4-10,14H,11H2,1-3H3,(H,21,23)/t14-/m0/s1. The molecular formula is C20H20N2O3. The number of carbonyl (C=O) groups excluding carboxylic acids is 3. The second kappa shape index (κ2) is 6.51. The molecule has 0 aromatic heterocycles. The molecule has 0 spiro atoms. The minimum atomic E-state index is -0.421. The Morgan fingerprint density at radius 1 is 1.04 bits per heavy atom. The molecule has 1 heterocycles. The summed E-state index contributed by atoms with van der Waals surface area (Å²) >= 11 is 0. The molecule has 3 rings (SSSR count). The minimum absolute atomic E-state index is 0.206. The molecule has 1 aliphatic rings. The van der Waals surface area contributed by atoms with Gasteiger partial charge in [0.1, 0.15) is 6.54 Å². The second-order valence-electron chi connectivity index (χ2n) is 6.39. The van der Waals surface area contributed by atoms with Crippen molar-refractivity contribution in [3.63, 3.8) is 0 Å². The van der Waals surface area contributed by atoms with Crippen molar-refractivity contribution in [2.24, 2.45) is 0 Å². The maximum atomic E-state index is 12.4. The van der Waals surface area contributed by atoms with E-state index in [1.165, 1.54) is 0 Å². The number of nitrogens with zero attached hydrogens (tertiary/aromatic N) is 1. The van der Waals surface area contributed by atoms with Crippen LogP contribution in [-0.4, -0.2) is 29.2 Å². The molecule has 2 aromatic carbocycles. The first kappa shape index (κ1) is 16.9. The Kier molecular flexibility index (Phi) is 4.40. The Bertz CT molecular complexity index is 838. The molecule has 1 aliphatic heterocycles. The van der Waals surface area contributed by atoms with Crippen molar-refractivity contribution in [2.45, 2.75) is 26.8 Å². The molecule has 0 bridgehead atoms. The van der Waals surface area contributed by atoms with E-state index in [1.54, 1.807) is 24.3 Å². The van der Waals surface area contributed by atoms with Gasteiger partial charge in [0.15, 0.2) is 0 Å². The minimum Gasteiger partial charge on any atom is -0.348 e. The van der Waals surface area contributed by atoms with Crippen LogP contribution in [0.2, 0.25) is 0 Å². The normalized spacial score (nSPS) is 14.4. The molecule has 1 N–H and O–H groups in total. The molecule has 0 unspecified atom stereocenters. The van der Waals surface area contributed by atoms with Gasteiger partial charge in [-0.2, -0.15) is 0 Å². The maximum Gasteiger partial charge on any atom is 0.262 e. The molecule has 2 aromatic rings. The molecule has 0 aliphatic carbocycles. The maximum absolute atomic E-state index is 12.4. The van der Waals surface area contributed by atoms with E-state index < -0.39 is 11.8 Å². The molecule has 128 valence electrons. The van der Waals surface area contributed by atoms with Crippen LogP contribution in [0.25, 0.3) is 0 Å². The Balaban J connectivity index is 1.70. The number of benzene rings is 2. The summed E-state index contributed by atoms with van der Waals surface area (Å²) in [4.78, 5) is 38.0. The van der Waals surface area contributed by atoms with Gasteiger partial charge < -0.3 is 5.32 Å². The summed E-state index contributed by atoms with van der Waals surface area (Å²) in [6, 6.07) is 12.5. The molecule has 5 heteroatoms. The van der Waals surface area contributed by atoms with Gasteiger partial charge in [-0.05, 0) is 44.0 Å². The van der Waals surface area contributed by atoms with Crippen LogP contribution in [0, 0.1) is 13.8 Å². The van der Waals surface area contributed by atoms with Crippen LogP contribution in [0.5, 0.6) is 0 Å². The number of rotatable bonds is 4. The monoisotopic (exact) mass is 336 g/mol. The highest BCUT2D eigenvalue weighted by atomic mass is 16.2. The summed E-state index contributed by atoms with van der Waals surface area (Å²) in [5.74, 6) is -1.20. The summed E-state index contributed by atoms with van der Waals surface area (Å²) in [6.45, 7) is 5.60. The summed E-state index contributed by atoms with van der Waals surface area (Å²) in [6.07, 6.45) is 0. The van der Waals surface area contributed by atoms with Gasteiger partial charge >= 0.3 is 0 Å². The van der Waals surface area contributed by atoms with E-state index in [9.17, 15) is 14.4 Å². The Morgan fingerprint density at radius 2 is 1.64 bits per heavy atom. The molecule has 0 saturated carbocycles. The van der Waals surface area contributed by atoms with Crippen molar-refractivity contribution in [1.82, 2.24) is 10.2 Å². The summed E-state index contributed by atoms with van der Waals surface area (Å²) < 4.78 is 0. The van der Waals surface area contributed by atoms with Gasteiger partial charge in [-0.25, -0.2) is 0 Å². The first-order chi connectivity index (χ1) is 11.9. The number of hydrogen-bond donors (Lipinski definition) is 1. The van der Waals surface area contributed by atoms with Crippen molar-refractivity contribution >= 4 is 17.7 Å². The lowest BCUT2D eigenvalue weighted by molar-refractivity contribution is -0.122. The predicted molar refractivity (Wildman–Crippen MR) is 94.3 cm³/mol. The van der Waals surface area contributed by atoms with Gasteiger partial charge in [0.05, 0.1) is 17.2 Å². The number of imide groups is 1. The third-order valence-electron chi connectivity index (χ3n) is 4.46. The molecule has 0 radical (unpaired) electrons. The van der Waals surface area contributed by atoms with Crippen LogP contribution in [-0.2, 0) is 4.79 Å². The van der Waals surface area contributed by atoms with Crippen molar-refractivity contribution in [3.05, 3.63) is 70.3 Å². The first-order valence-electron chi connectivity index (χ1n) is 8.20. The number of carbonyl (C=O) groups is 3. The fraction of sp³-hybridized carbons (Fsp3) is 0.250. The lowest BCUT2D eigenvalue weighted by Crippen LogP contribution is -2.41. The molecule has 1 atom stereocenters. The lowest BCUT2D eigenvalue weighted by Gasteiger charge is -2.19. The van der Waals surface area contributed by atoms with Gasteiger partial charge in [-0.1, -0.05) is 35.9 Å². The quantitative estimate of drug-likeness (QED) is 0.873. The fourth-order valence-corrected chi connectivity index (χ4v) is 3.12. The highest BCUT2D eigenvalue weighted by Crippen LogP contribution is 2.23. The summed E-state index contributed by atoms with van der Waals surface area (Å²) in [5, 5.41) is 2.87. The van der Waals surface area contributed by atoms with Gasteiger partial charge in [0.25, 0.3) is 11.8 Å². The van der Waals surface area contributed by atoms with Gasteiger partial charge in [-0.15, -0.1) is 0 Å². The average molecular weight is 336 g/mol. The third kappa shape index (κ3) is 3.18. The van der Waals surface area contributed by atoms with Gasteiger partial charge in [0.2, 0.25) is 5.91 Å². The van der Waals surface area contributed by atoms with E-state index in [1.807, 2.05) is 39.0 Å². The van der Waals surface area contributed by atoms with E-state index >= 15 is 0 Å². The van der Waals surface area contributed by atoms with Crippen molar-refractivity contribution in [3.8, 4) is 0 Å². The van der Waals surface area contributed by atoms with Crippen LogP contribution in [0.3, 0.4) is 0 Å². The smallest absolute Gasteiger partial charge is 0.262 e. The van der Waals surface area contributed by atoms with Crippen LogP contribution in [0.1, 0.15) is 50.4 Å². The highest BCUT2D eigenvalue weighted by molar-refractivity contribution is 6.22. The number of fused-ring (bicyclic) bond motifs is 1. The zero-order chi connectivity index (χ0) is 18.1. The van der Waals surface area contributed by atoms with E-state index in [0.29, 0.717) is 11.1 Å². The highest BCUT2D eigenvalue weighted by Gasteiger charge is 2.36. The van der Waals surface area contributed by atoms with Crippen molar-refractivity contribution < 1.29 is 14.4 Å². The number of nitrogens with one attached hydrogen (secondary N) is 1. The zero-order valence-corrected chi connectivity index (χ0v) is 14.5. The molecule has 5 nitrogen and oxygen atoms in total. The van der Waals surface area contributed by atoms with E-state index in [-0.39, 0.29) is 18.5 Å². The zero-order valence-electron chi connectivity index (χ0n) is 14.5. The summed E-state index contributed by atoms with van der Waals surface area (Å²) in [5.41, 5.74) is 3.92. The van der Waals surface area contributed by atoms with Crippen molar-refractivity contribution in [2.75, 3.05) is 6.54 Å². The van der Waals surface area contributed by atoms with E-state index in [0.717, 1.165) is 21.6 Å². The largest absolute Gasteiger partial charge is 0.348 e. The lowest BCUT2D eigenvalue weighted by atomic mass is 10.00. The second-order valence-corrected chi connectivity index (χ2v) is 6.39. The first-order valence-corrected chi connectivity index (χ1v) is 8.20. The van der Waals surface area contributed by atoms with E-state index in [4.69, 9.17) is 0 Å². The predicted octanol–water partition coefficient (Wildman–Crippen LogP) is 2.78. The Morgan fingerprint density at radius 3 is 2.24 bits per heavy atom. The number of aryl methyl sites for hydroxylation is 2. The topological polar surface area (TPSA) is 66.5 Å². The third-order valence-corrected chi connectivity index (χ3v) is 4.46. The SMILES string of the molecule is Cc1ccc(C)c([C@H](C)NC(=O)CN2C(=O)c3ccccc3C2=O)c1. The Labute approximate surface area is 146 Å². The summed E-state index contributed by atoms with van der Waals surface area (Å²) in [7, 11) is 0. The molecule has 25 heavy (non-hydrogen) atoms. The molecule has 0 fully saturated rings. The molecule has 0 saturated heterocycles. The van der Waals surface area contributed by atoms with Crippen LogP contribution < -0.4 is 5.32 Å². The van der Waals surface area contributed by atoms with Gasteiger partial charge in [0, 0.05) is 0 Å². The van der Waals surface area contributed by atoms with Gasteiger partial charge in [-0.3, -0.25) is 19.3 Å². The van der Waals surface area contributed by atoms with E-state index in [2.05, 4.69) is 5.32 Å².